The molecular formula is C22H27F2NO4. The highest BCUT2D eigenvalue weighted by Gasteiger charge is 2.14. The van der Waals surface area contributed by atoms with Gasteiger partial charge in [0.1, 0.15) is 5.75 Å². The molecular weight excluding hydrogens is 380 g/mol. The van der Waals surface area contributed by atoms with Gasteiger partial charge in [0.25, 0.3) is 0 Å². The molecule has 0 radical (unpaired) electrons. The Hall–Kier alpha value is -2.83. The molecule has 2 rings (SSSR count). The molecule has 2 aromatic rings. The van der Waals surface area contributed by atoms with E-state index in [1.165, 1.54) is 6.07 Å². The van der Waals surface area contributed by atoms with E-state index in [9.17, 15) is 13.6 Å². The third-order valence-corrected chi connectivity index (χ3v) is 4.50. The first-order valence-electron chi connectivity index (χ1n) is 9.45. The molecule has 7 heteroatoms. The van der Waals surface area contributed by atoms with Crippen LogP contribution in [0, 0.1) is 13.8 Å². The van der Waals surface area contributed by atoms with Crippen LogP contribution in [0.5, 0.6) is 17.2 Å². The lowest BCUT2D eigenvalue weighted by atomic mass is 10.1. The minimum atomic E-state index is -2.93. The molecule has 1 amide bonds. The predicted molar refractivity (Wildman–Crippen MR) is 107 cm³/mol. The number of carbonyl (C=O) groups excluding carboxylic acids is 1. The molecule has 158 valence electrons. The zero-order chi connectivity index (χ0) is 21.4. The monoisotopic (exact) mass is 407 g/mol. The summed E-state index contributed by atoms with van der Waals surface area (Å²) in [5.41, 5.74) is 2.94. The van der Waals surface area contributed by atoms with Crippen LogP contribution >= 0.6 is 0 Å². The summed E-state index contributed by atoms with van der Waals surface area (Å²) < 4.78 is 40.6. The van der Waals surface area contributed by atoms with Gasteiger partial charge in [-0.2, -0.15) is 8.78 Å². The standard InChI is InChI=1S/C22H27F2NO4/c1-5-27-20-13-17(9-10-19(20)29-22(23)24)14-25(4)21(26)11-12-28-18-8-6-7-15(2)16(18)3/h6-10,13,22H,5,11-12,14H2,1-4H3. The summed E-state index contributed by atoms with van der Waals surface area (Å²) in [6.45, 7) is 3.72. The SMILES string of the molecule is CCOc1cc(CN(C)C(=O)CCOc2cccc(C)c2C)ccc1OC(F)F. The number of benzene rings is 2. The Morgan fingerprint density at radius 2 is 1.83 bits per heavy atom. The van der Waals surface area contributed by atoms with Crippen molar-refractivity contribution in [3.63, 3.8) is 0 Å². The molecule has 0 aromatic heterocycles. The van der Waals surface area contributed by atoms with Crippen LogP contribution in [-0.4, -0.2) is 37.7 Å². The Bertz CT molecular complexity index is 826. The molecule has 0 aliphatic rings. The first kappa shape index (κ1) is 22.5. The quantitative estimate of drug-likeness (QED) is 0.571. The third-order valence-electron chi connectivity index (χ3n) is 4.50. The van der Waals surface area contributed by atoms with Crippen molar-refractivity contribution in [1.82, 2.24) is 4.90 Å². The first-order chi connectivity index (χ1) is 13.8. The van der Waals surface area contributed by atoms with Crippen LogP contribution in [0.4, 0.5) is 8.78 Å². The van der Waals surface area contributed by atoms with E-state index in [2.05, 4.69) is 4.74 Å². The minimum absolute atomic E-state index is 0.0264. The van der Waals surface area contributed by atoms with Crippen molar-refractivity contribution < 1.29 is 27.8 Å². The van der Waals surface area contributed by atoms with Gasteiger partial charge in [0, 0.05) is 13.6 Å². The molecule has 0 fully saturated rings. The van der Waals surface area contributed by atoms with E-state index in [0.717, 1.165) is 22.4 Å². The van der Waals surface area contributed by atoms with Crippen LogP contribution in [0.1, 0.15) is 30.0 Å². The highest BCUT2D eigenvalue weighted by molar-refractivity contribution is 5.76. The van der Waals surface area contributed by atoms with E-state index in [0.29, 0.717) is 13.2 Å². The van der Waals surface area contributed by atoms with Gasteiger partial charge in [0.2, 0.25) is 5.91 Å². The maximum absolute atomic E-state index is 12.5. The molecule has 0 N–H and O–H groups in total. The van der Waals surface area contributed by atoms with Crippen LogP contribution < -0.4 is 14.2 Å². The lowest BCUT2D eigenvalue weighted by molar-refractivity contribution is -0.130. The second kappa shape index (κ2) is 10.6. The number of amides is 1. The van der Waals surface area contributed by atoms with Gasteiger partial charge in [0.15, 0.2) is 11.5 Å². The van der Waals surface area contributed by atoms with Gasteiger partial charge in [-0.15, -0.1) is 0 Å². The number of rotatable bonds is 10. The Morgan fingerprint density at radius 1 is 1.07 bits per heavy atom. The molecule has 0 saturated heterocycles. The average Bonchev–Trinajstić information content (AvgIpc) is 2.67. The number of hydrogen-bond acceptors (Lipinski definition) is 4. The van der Waals surface area contributed by atoms with Crippen molar-refractivity contribution in [1.29, 1.82) is 0 Å². The van der Waals surface area contributed by atoms with Gasteiger partial charge in [-0.3, -0.25) is 4.79 Å². The maximum Gasteiger partial charge on any atom is 0.387 e. The fourth-order valence-corrected chi connectivity index (χ4v) is 2.79. The van der Waals surface area contributed by atoms with Crippen molar-refractivity contribution in [2.24, 2.45) is 0 Å². The normalized spacial score (nSPS) is 10.7. The van der Waals surface area contributed by atoms with Crippen molar-refractivity contribution in [3.05, 3.63) is 53.1 Å². The molecule has 0 heterocycles. The molecule has 5 nitrogen and oxygen atoms in total. The molecule has 0 spiro atoms. The van der Waals surface area contributed by atoms with E-state index in [-0.39, 0.29) is 30.4 Å². The molecule has 29 heavy (non-hydrogen) atoms. The second-order valence-electron chi connectivity index (χ2n) is 6.64. The van der Waals surface area contributed by atoms with Crippen LogP contribution in [0.25, 0.3) is 0 Å². The van der Waals surface area contributed by atoms with Gasteiger partial charge >= 0.3 is 6.61 Å². The molecule has 0 atom stereocenters. The lowest BCUT2D eigenvalue weighted by Crippen LogP contribution is -2.27. The number of ether oxygens (including phenoxy) is 3. The summed E-state index contributed by atoms with van der Waals surface area (Å²) in [5.74, 6) is 0.892. The maximum atomic E-state index is 12.5. The smallest absolute Gasteiger partial charge is 0.387 e. The Labute approximate surface area is 170 Å². The van der Waals surface area contributed by atoms with Crippen molar-refractivity contribution in [2.75, 3.05) is 20.3 Å². The van der Waals surface area contributed by atoms with E-state index in [1.807, 2.05) is 32.0 Å². The summed E-state index contributed by atoms with van der Waals surface area (Å²) in [6, 6.07) is 10.5. The number of alkyl halides is 2. The zero-order valence-electron chi connectivity index (χ0n) is 17.2. The number of aryl methyl sites for hydroxylation is 1. The highest BCUT2D eigenvalue weighted by Crippen LogP contribution is 2.30. The second-order valence-corrected chi connectivity index (χ2v) is 6.64. The fourth-order valence-electron chi connectivity index (χ4n) is 2.79. The molecule has 0 saturated carbocycles. The van der Waals surface area contributed by atoms with Crippen molar-refractivity contribution in [2.45, 2.75) is 40.3 Å². The molecule has 0 aliphatic carbocycles. The first-order valence-corrected chi connectivity index (χ1v) is 9.45. The number of hydrogen-bond donors (Lipinski definition) is 0. The number of halogens is 2. The summed E-state index contributed by atoms with van der Waals surface area (Å²) in [7, 11) is 1.68. The Morgan fingerprint density at radius 3 is 2.52 bits per heavy atom. The largest absolute Gasteiger partial charge is 0.493 e. The van der Waals surface area contributed by atoms with E-state index < -0.39 is 6.61 Å². The van der Waals surface area contributed by atoms with E-state index >= 15 is 0 Å². The van der Waals surface area contributed by atoms with Gasteiger partial charge in [-0.05, 0) is 55.7 Å². The molecule has 0 bridgehead atoms. The number of nitrogens with zero attached hydrogens (tertiary/aromatic N) is 1. The van der Waals surface area contributed by atoms with Crippen LogP contribution in [0.2, 0.25) is 0 Å². The summed E-state index contributed by atoms with van der Waals surface area (Å²) in [5, 5.41) is 0. The van der Waals surface area contributed by atoms with Crippen LogP contribution in [0.3, 0.4) is 0 Å². The van der Waals surface area contributed by atoms with E-state index in [4.69, 9.17) is 9.47 Å². The molecule has 0 unspecified atom stereocenters. The summed E-state index contributed by atoms with van der Waals surface area (Å²) in [6.07, 6.45) is 0.231. The topological polar surface area (TPSA) is 48.0 Å². The fraction of sp³-hybridized carbons (Fsp3) is 0.409. The lowest BCUT2D eigenvalue weighted by Gasteiger charge is -2.19. The van der Waals surface area contributed by atoms with Gasteiger partial charge in [-0.1, -0.05) is 18.2 Å². The van der Waals surface area contributed by atoms with Crippen molar-refractivity contribution in [3.8, 4) is 17.2 Å². The summed E-state index contributed by atoms with van der Waals surface area (Å²) >= 11 is 0. The Balaban J connectivity index is 1.92. The number of carbonyl (C=O) groups is 1. The zero-order valence-corrected chi connectivity index (χ0v) is 17.2. The van der Waals surface area contributed by atoms with E-state index in [1.54, 1.807) is 31.0 Å². The Kier molecular flexibility index (Phi) is 8.24. The minimum Gasteiger partial charge on any atom is -0.493 e. The molecule has 2 aromatic carbocycles. The van der Waals surface area contributed by atoms with Crippen LogP contribution in [0.15, 0.2) is 36.4 Å². The average molecular weight is 407 g/mol. The highest BCUT2D eigenvalue weighted by atomic mass is 19.3. The van der Waals surface area contributed by atoms with Gasteiger partial charge < -0.3 is 19.1 Å². The van der Waals surface area contributed by atoms with Crippen LogP contribution in [-0.2, 0) is 11.3 Å². The summed E-state index contributed by atoms with van der Waals surface area (Å²) in [4.78, 5) is 14.0. The van der Waals surface area contributed by atoms with Gasteiger partial charge in [0.05, 0.1) is 19.6 Å². The van der Waals surface area contributed by atoms with Gasteiger partial charge in [-0.25, -0.2) is 0 Å². The predicted octanol–water partition coefficient (Wildman–Crippen LogP) is 4.73. The van der Waals surface area contributed by atoms with Crippen molar-refractivity contribution >= 4 is 5.91 Å². The molecule has 0 aliphatic heterocycles. The third kappa shape index (κ3) is 6.62.